The molecule has 116 valence electrons. The summed E-state index contributed by atoms with van der Waals surface area (Å²) in [5.41, 5.74) is 0.886. The minimum absolute atomic E-state index is 0.0717. The second-order valence-corrected chi connectivity index (χ2v) is 6.52. The maximum Gasteiger partial charge on any atom is 0.305 e. The van der Waals surface area contributed by atoms with Crippen LogP contribution in [0.2, 0.25) is 0 Å². The highest BCUT2D eigenvalue weighted by molar-refractivity contribution is 8.26. The number of amides is 1. The molecule has 22 heavy (non-hydrogen) atoms. The Balaban J connectivity index is 2.11. The lowest BCUT2D eigenvalue weighted by Gasteiger charge is -2.12. The number of carbonyl (C=O) groups excluding carboxylic acids is 1. The molecule has 1 aromatic carbocycles. The summed E-state index contributed by atoms with van der Waals surface area (Å²) < 4.78 is 13.3. The molecule has 1 N–H and O–H groups in total. The van der Waals surface area contributed by atoms with Crippen molar-refractivity contribution >= 4 is 40.2 Å². The molecular weight excluding hydrogens is 325 g/mol. The van der Waals surface area contributed by atoms with Gasteiger partial charge in [-0.15, -0.1) is 0 Å². The van der Waals surface area contributed by atoms with E-state index in [0.717, 1.165) is 17.3 Å². The van der Waals surface area contributed by atoms with Gasteiger partial charge in [-0.25, -0.2) is 4.39 Å². The van der Waals surface area contributed by atoms with Gasteiger partial charge in [-0.3, -0.25) is 14.5 Å². The molecule has 1 atom stereocenters. The third kappa shape index (κ3) is 3.92. The summed E-state index contributed by atoms with van der Waals surface area (Å²) in [6.07, 6.45) is 1.63. The summed E-state index contributed by atoms with van der Waals surface area (Å²) >= 11 is 6.28. The van der Waals surface area contributed by atoms with E-state index in [1.165, 1.54) is 17.0 Å². The van der Waals surface area contributed by atoms with Crippen LogP contribution in [0.3, 0.4) is 0 Å². The van der Waals surface area contributed by atoms with E-state index in [0.29, 0.717) is 9.23 Å². The molecule has 0 bridgehead atoms. The standard InChI is InChI=1S/C15H14FNO3S2/c1-9(10-2-4-11(16)5-3-10)8-12-14(20)17(15(21)22-12)7-6-13(18)19/h2-5,8-9H,6-7H2,1H3,(H,18,19)/b12-8+. The van der Waals surface area contributed by atoms with Gasteiger partial charge < -0.3 is 5.11 Å². The quantitative estimate of drug-likeness (QED) is 0.660. The highest BCUT2D eigenvalue weighted by Gasteiger charge is 2.32. The van der Waals surface area contributed by atoms with Gasteiger partial charge in [0.05, 0.1) is 11.3 Å². The van der Waals surface area contributed by atoms with Crippen molar-refractivity contribution in [2.45, 2.75) is 19.3 Å². The SMILES string of the molecule is CC(/C=C1/SC(=S)N(CCC(=O)O)C1=O)c1ccc(F)cc1. The molecule has 1 aromatic rings. The summed E-state index contributed by atoms with van der Waals surface area (Å²) in [6, 6.07) is 6.08. The monoisotopic (exact) mass is 339 g/mol. The van der Waals surface area contributed by atoms with Gasteiger partial charge in [0.25, 0.3) is 5.91 Å². The van der Waals surface area contributed by atoms with E-state index in [2.05, 4.69) is 0 Å². The molecule has 1 unspecified atom stereocenters. The zero-order valence-corrected chi connectivity index (χ0v) is 13.4. The molecule has 0 spiro atoms. The Bertz CT molecular complexity index is 643. The van der Waals surface area contributed by atoms with Gasteiger partial charge in [0.2, 0.25) is 0 Å². The number of thiocarbonyl (C=S) groups is 1. The van der Waals surface area contributed by atoms with E-state index in [9.17, 15) is 14.0 Å². The Hall–Kier alpha value is -1.73. The molecule has 4 nitrogen and oxygen atoms in total. The van der Waals surface area contributed by atoms with E-state index in [1.54, 1.807) is 18.2 Å². The Morgan fingerprint density at radius 2 is 2.09 bits per heavy atom. The summed E-state index contributed by atoms with van der Waals surface area (Å²) in [5.74, 6) is -1.63. The van der Waals surface area contributed by atoms with Crippen LogP contribution < -0.4 is 0 Å². The van der Waals surface area contributed by atoms with Crippen molar-refractivity contribution in [3.05, 3.63) is 46.6 Å². The minimum atomic E-state index is -0.974. The van der Waals surface area contributed by atoms with Crippen molar-refractivity contribution in [3.8, 4) is 0 Å². The average Bonchev–Trinajstić information content (AvgIpc) is 2.72. The van der Waals surface area contributed by atoms with Gasteiger partial charge in [0.15, 0.2) is 0 Å². The first kappa shape index (κ1) is 16.6. The second kappa shape index (κ2) is 7.02. The Morgan fingerprint density at radius 1 is 1.45 bits per heavy atom. The lowest BCUT2D eigenvalue weighted by atomic mass is 10.0. The summed E-state index contributed by atoms with van der Waals surface area (Å²) in [4.78, 5) is 24.6. The van der Waals surface area contributed by atoms with Gasteiger partial charge in [-0.1, -0.05) is 49.1 Å². The number of hydrogen-bond donors (Lipinski definition) is 1. The van der Waals surface area contributed by atoms with Crippen molar-refractivity contribution in [1.29, 1.82) is 0 Å². The van der Waals surface area contributed by atoms with Crippen LogP contribution in [-0.4, -0.2) is 32.7 Å². The first-order chi connectivity index (χ1) is 10.4. The zero-order valence-electron chi connectivity index (χ0n) is 11.8. The fourth-order valence-corrected chi connectivity index (χ4v) is 3.39. The maximum atomic E-state index is 12.9. The lowest BCUT2D eigenvalue weighted by Crippen LogP contribution is -2.30. The first-order valence-electron chi connectivity index (χ1n) is 6.61. The molecule has 1 heterocycles. The van der Waals surface area contributed by atoms with Gasteiger partial charge >= 0.3 is 5.97 Å². The number of halogens is 1. The predicted molar refractivity (Wildman–Crippen MR) is 87.1 cm³/mol. The molecule has 1 aliphatic rings. The summed E-state index contributed by atoms with van der Waals surface area (Å²) in [5, 5.41) is 8.70. The minimum Gasteiger partial charge on any atom is -0.481 e. The highest BCUT2D eigenvalue weighted by atomic mass is 32.2. The third-order valence-corrected chi connectivity index (χ3v) is 4.62. The molecule has 1 fully saturated rings. The Labute approximate surface area is 137 Å². The van der Waals surface area contributed by atoms with Crippen molar-refractivity contribution < 1.29 is 19.1 Å². The smallest absolute Gasteiger partial charge is 0.305 e. The number of carboxylic acids is 1. The van der Waals surface area contributed by atoms with Gasteiger partial charge in [-0.2, -0.15) is 0 Å². The topological polar surface area (TPSA) is 57.6 Å². The van der Waals surface area contributed by atoms with Crippen molar-refractivity contribution in [3.63, 3.8) is 0 Å². The van der Waals surface area contributed by atoms with E-state index < -0.39 is 5.97 Å². The van der Waals surface area contributed by atoms with Crippen molar-refractivity contribution in [2.24, 2.45) is 0 Å². The molecule has 1 amide bonds. The van der Waals surface area contributed by atoms with Crippen LogP contribution in [-0.2, 0) is 9.59 Å². The molecule has 0 aromatic heterocycles. The molecule has 2 rings (SSSR count). The number of benzene rings is 1. The number of aliphatic carboxylic acids is 1. The van der Waals surface area contributed by atoms with E-state index >= 15 is 0 Å². The average molecular weight is 339 g/mol. The molecule has 0 saturated carbocycles. The summed E-state index contributed by atoms with van der Waals surface area (Å²) in [7, 11) is 0. The largest absolute Gasteiger partial charge is 0.481 e. The molecule has 0 aliphatic carbocycles. The van der Waals surface area contributed by atoms with Crippen molar-refractivity contribution in [1.82, 2.24) is 4.90 Å². The number of rotatable bonds is 5. The molecule has 0 radical (unpaired) electrons. The number of nitrogens with zero attached hydrogens (tertiary/aromatic N) is 1. The van der Waals surface area contributed by atoms with Crippen LogP contribution in [0, 0.1) is 5.82 Å². The van der Waals surface area contributed by atoms with E-state index in [4.69, 9.17) is 17.3 Å². The first-order valence-corrected chi connectivity index (χ1v) is 7.83. The highest BCUT2D eigenvalue weighted by Crippen LogP contribution is 2.33. The van der Waals surface area contributed by atoms with Crippen LogP contribution in [0.1, 0.15) is 24.8 Å². The number of hydrogen-bond acceptors (Lipinski definition) is 4. The molecular formula is C15H14FNO3S2. The molecule has 1 aliphatic heterocycles. The van der Waals surface area contributed by atoms with Crippen LogP contribution in [0.25, 0.3) is 0 Å². The Morgan fingerprint density at radius 3 is 2.68 bits per heavy atom. The van der Waals surface area contributed by atoms with Crippen LogP contribution >= 0.6 is 24.0 Å². The van der Waals surface area contributed by atoms with Crippen LogP contribution in [0.15, 0.2) is 35.2 Å². The second-order valence-electron chi connectivity index (χ2n) is 4.84. The van der Waals surface area contributed by atoms with Crippen molar-refractivity contribution in [2.75, 3.05) is 6.54 Å². The molecule has 1 saturated heterocycles. The van der Waals surface area contributed by atoms with Crippen LogP contribution in [0.5, 0.6) is 0 Å². The zero-order chi connectivity index (χ0) is 16.3. The summed E-state index contributed by atoms with van der Waals surface area (Å²) in [6.45, 7) is 1.97. The number of allylic oxidation sites excluding steroid dienone is 1. The number of carboxylic acid groups (broad SMARTS) is 1. The van der Waals surface area contributed by atoms with Gasteiger partial charge in [0, 0.05) is 12.5 Å². The fourth-order valence-electron chi connectivity index (χ4n) is 2.00. The normalized spacial score (nSPS) is 18.1. The van der Waals surface area contributed by atoms with E-state index in [1.807, 2.05) is 6.92 Å². The fraction of sp³-hybridized carbons (Fsp3) is 0.267. The molecule has 7 heteroatoms. The third-order valence-electron chi connectivity index (χ3n) is 3.22. The predicted octanol–water partition coefficient (Wildman–Crippen LogP) is 3.15. The lowest BCUT2D eigenvalue weighted by molar-refractivity contribution is -0.137. The number of thioether (sulfide) groups is 1. The Kier molecular flexibility index (Phi) is 5.31. The van der Waals surface area contributed by atoms with Crippen LogP contribution in [0.4, 0.5) is 4.39 Å². The maximum absolute atomic E-state index is 12.9. The van der Waals surface area contributed by atoms with Gasteiger partial charge in [-0.05, 0) is 17.7 Å². The van der Waals surface area contributed by atoms with E-state index in [-0.39, 0.29) is 30.6 Å². The number of carbonyl (C=O) groups is 2. The van der Waals surface area contributed by atoms with Gasteiger partial charge in [0.1, 0.15) is 10.1 Å².